The van der Waals surface area contributed by atoms with E-state index in [1.807, 2.05) is 18.2 Å². The highest BCUT2D eigenvalue weighted by Crippen LogP contribution is 2.46. The molecule has 1 N–H and O–H groups in total. The van der Waals surface area contributed by atoms with Gasteiger partial charge < -0.3 is 9.84 Å². The van der Waals surface area contributed by atoms with Crippen molar-refractivity contribution in [1.82, 2.24) is 4.90 Å². The number of nitrogens with zero attached hydrogens (tertiary/aromatic N) is 1. The van der Waals surface area contributed by atoms with Crippen LogP contribution >= 0.6 is 0 Å². The molecule has 1 fully saturated rings. The Balaban J connectivity index is 1.34. The summed E-state index contributed by atoms with van der Waals surface area (Å²) < 4.78 is 6.91. The number of ether oxygens (including phenoxy) is 1. The molecule has 6 rings (SSSR count). The van der Waals surface area contributed by atoms with Crippen molar-refractivity contribution >= 4 is 0 Å². The van der Waals surface area contributed by atoms with Crippen LogP contribution < -0.4 is 0 Å². The minimum atomic E-state index is -0.807. The Hall–Kier alpha value is -3.24. The van der Waals surface area contributed by atoms with E-state index in [0.29, 0.717) is 0 Å². The first kappa shape index (κ1) is 22.2. The van der Waals surface area contributed by atoms with Gasteiger partial charge in [0.1, 0.15) is 5.60 Å². The van der Waals surface area contributed by atoms with Crippen molar-refractivity contribution in [2.45, 2.75) is 24.2 Å². The maximum atomic E-state index is 11.5. The summed E-state index contributed by atoms with van der Waals surface area (Å²) in [6, 6.07) is 40.1. The Morgan fingerprint density at radius 1 is 0.743 bits per heavy atom. The first-order valence-corrected chi connectivity index (χ1v) is 12.6. The fourth-order valence-corrected chi connectivity index (χ4v) is 6.02. The Bertz CT molecular complexity index is 1160. The summed E-state index contributed by atoms with van der Waals surface area (Å²) in [6.45, 7) is 2.24. The second kappa shape index (κ2) is 9.43. The van der Waals surface area contributed by atoms with Crippen LogP contribution in [-0.2, 0) is 16.8 Å². The highest BCUT2D eigenvalue weighted by molar-refractivity contribution is 5.47. The topological polar surface area (TPSA) is 32.7 Å². The van der Waals surface area contributed by atoms with E-state index in [1.54, 1.807) is 0 Å². The zero-order valence-corrected chi connectivity index (χ0v) is 19.8. The predicted octanol–water partition coefficient (Wildman–Crippen LogP) is 5.59. The van der Waals surface area contributed by atoms with Gasteiger partial charge in [-0.25, -0.2) is 0 Å². The SMILES string of the molecule is O[C@@H](COC(c1ccccc1)(c1ccccc1)c1ccccc1)[C@@H]1CN2CCc3ccccc3[C@@H]12. The lowest BCUT2D eigenvalue weighted by Gasteiger charge is -2.53. The van der Waals surface area contributed by atoms with Crippen molar-refractivity contribution in [3.63, 3.8) is 0 Å². The van der Waals surface area contributed by atoms with E-state index in [-0.39, 0.29) is 18.6 Å². The summed E-state index contributed by atoms with van der Waals surface area (Å²) in [6.07, 6.45) is 0.531. The summed E-state index contributed by atoms with van der Waals surface area (Å²) in [7, 11) is 0. The highest BCUT2D eigenvalue weighted by Gasteiger charge is 2.47. The third-order valence-corrected chi connectivity index (χ3v) is 7.79. The molecule has 176 valence electrons. The molecule has 0 bridgehead atoms. The number of rotatable bonds is 7. The maximum absolute atomic E-state index is 11.5. The van der Waals surface area contributed by atoms with Gasteiger partial charge in [0.05, 0.1) is 12.7 Å². The van der Waals surface area contributed by atoms with E-state index in [9.17, 15) is 5.11 Å². The molecule has 0 amide bonds. The van der Waals surface area contributed by atoms with Crippen LogP contribution in [0.1, 0.15) is 33.9 Å². The molecule has 4 aromatic rings. The average molecular weight is 462 g/mol. The number of hydrogen-bond donors (Lipinski definition) is 1. The second-order valence-electron chi connectivity index (χ2n) is 9.71. The Morgan fingerprint density at radius 3 is 1.83 bits per heavy atom. The van der Waals surface area contributed by atoms with Gasteiger partial charge in [-0.1, -0.05) is 115 Å². The van der Waals surface area contributed by atoms with Crippen LogP contribution in [0.3, 0.4) is 0 Å². The number of aliphatic hydroxyl groups is 1. The van der Waals surface area contributed by atoms with Gasteiger partial charge in [-0.3, -0.25) is 4.90 Å². The quantitative estimate of drug-likeness (QED) is 0.365. The molecular weight excluding hydrogens is 430 g/mol. The Kier molecular flexibility index (Phi) is 5.99. The van der Waals surface area contributed by atoms with Crippen molar-refractivity contribution in [1.29, 1.82) is 0 Å². The summed E-state index contributed by atoms with van der Waals surface area (Å²) in [4.78, 5) is 2.50. The first-order chi connectivity index (χ1) is 17.3. The minimum absolute atomic E-state index is 0.163. The zero-order chi connectivity index (χ0) is 23.7. The summed E-state index contributed by atoms with van der Waals surface area (Å²) >= 11 is 0. The molecule has 0 aromatic heterocycles. The van der Waals surface area contributed by atoms with Gasteiger partial charge in [0, 0.05) is 25.0 Å². The van der Waals surface area contributed by atoms with Crippen LogP contribution in [-0.4, -0.2) is 35.8 Å². The summed E-state index contributed by atoms with van der Waals surface area (Å²) in [5.41, 5.74) is 5.15. The van der Waals surface area contributed by atoms with Crippen LogP contribution in [0.25, 0.3) is 0 Å². The van der Waals surface area contributed by atoms with E-state index >= 15 is 0 Å². The normalized spacial score (nSPS) is 20.4. The van der Waals surface area contributed by atoms with Gasteiger partial charge in [0.25, 0.3) is 0 Å². The van der Waals surface area contributed by atoms with E-state index in [0.717, 1.165) is 36.2 Å². The Morgan fingerprint density at radius 2 is 1.26 bits per heavy atom. The number of benzene rings is 4. The van der Waals surface area contributed by atoms with Crippen LogP contribution in [0.5, 0.6) is 0 Å². The molecule has 0 unspecified atom stereocenters. The fourth-order valence-electron chi connectivity index (χ4n) is 6.02. The molecule has 2 aliphatic rings. The highest BCUT2D eigenvalue weighted by atomic mass is 16.5. The molecule has 35 heavy (non-hydrogen) atoms. The van der Waals surface area contributed by atoms with Crippen molar-refractivity contribution in [2.24, 2.45) is 5.92 Å². The van der Waals surface area contributed by atoms with Gasteiger partial charge >= 0.3 is 0 Å². The lowest BCUT2D eigenvalue weighted by molar-refractivity contribution is -0.114. The molecule has 4 aromatic carbocycles. The van der Waals surface area contributed by atoms with Gasteiger partial charge in [-0.05, 0) is 34.2 Å². The van der Waals surface area contributed by atoms with Gasteiger partial charge in [0.15, 0.2) is 0 Å². The monoisotopic (exact) mass is 461 g/mol. The molecule has 3 heteroatoms. The molecule has 2 heterocycles. The summed E-state index contributed by atoms with van der Waals surface area (Å²) in [5, 5.41) is 11.5. The van der Waals surface area contributed by atoms with Crippen molar-refractivity contribution in [3.8, 4) is 0 Å². The molecule has 3 nitrogen and oxygen atoms in total. The smallest absolute Gasteiger partial charge is 0.143 e. The van der Waals surface area contributed by atoms with Gasteiger partial charge in [0.2, 0.25) is 0 Å². The summed E-state index contributed by atoms with van der Waals surface area (Å²) in [5.74, 6) is 0.163. The van der Waals surface area contributed by atoms with Crippen molar-refractivity contribution < 1.29 is 9.84 Å². The van der Waals surface area contributed by atoms with Crippen LogP contribution in [0.15, 0.2) is 115 Å². The number of hydrogen-bond acceptors (Lipinski definition) is 3. The number of fused-ring (bicyclic) bond motifs is 3. The molecule has 0 radical (unpaired) electrons. The van der Waals surface area contributed by atoms with E-state index in [4.69, 9.17) is 4.74 Å². The molecular formula is C32H31NO2. The largest absolute Gasteiger partial charge is 0.390 e. The van der Waals surface area contributed by atoms with Gasteiger partial charge in [-0.2, -0.15) is 0 Å². The molecule has 3 atom stereocenters. The molecule has 2 aliphatic heterocycles. The molecule has 0 spiro atoms. The fraction of sp³-hybridized carbons (Fsp3) is 0.250. The molecule has 0 saturated carbocycles. The third kappa shape index (κ3) is 3.90. The molecule has 1 saturated heterocycles. The van der Waals surface area contributed by atoms with Crippen LogP contribution in [0.4, 0.5) is 0 Å². The van der Waals surface area contributed by atoms with E-state index in [2.05, 4.69) is 102 Å². The van der Waals surface area contributed by atoms with E-state index < -0.39 is 11.7 Å². The average Bonchev–Trinajstić information content (AvgIpc) is 2.91. The van der Waals surface area contributed by atoms with Crippen molar-refractivity contribution in [3.05, 3.63) is 143 Å². The third-order valence-electron chi connectivity index (χ3n) is 7.79. The van der Waals surface area contributed by atoms with Crippen LogP contribution in [0, 0.1) is 5.92 Å². The Labute approximate surface area is 207 Å². The second-order valence-corrected chi connectivity index (χ2v) is 9.71. The zero-order valence-electron chi connectivity index (χ0n) is 19.8. The first-order valence-electron chi connectivity index (χ1n) is 12.6. The van der Waals surface area contributed by atoms with E-state index in [1.165, 1.54) is 11.1 Å². The number of aliphatic hydroxyl groups excluding tert-OH is 1. The lowest BCUT2D eigenvalue weighted by atomic mass is 9.75. The maximum Gasteiger partial charge on any atom is 0.143 e. The van der Waals surface area contributed by atoms with Gasteiger partial charge in [-0.15, -0.1) is 0 Å². The lowest BCUT2D eigenvalue weighted by Crippen LogP contribution is -2.57. The predicted molar refractivity (Wildman–Crippen MR) is 139 cm³/mol. The standard InChI is InChI=1S/C32H31NO2/c34-30(29-22-33-21-20-24-12-10-11-19-28(24)31(29)33)23-35-32(25-13-4-1-5-14-25,26-15-6-2-7-16-26)27-17-8-3-9-18-27/h1-19,29-31,34H,20-23H2/t29-,30-,31-/m0/s1. The van der Waals surface area contributed by atoms with Crippen LogP contribution in [0.2, 0.25) is 0 Å². The minimum Gasteiger partial charge on any atom is -0.390 e. The van der Waals surface area contributed by atoms with Crippen molar-refractivity contribution in [2.75, 3.05) is 19.7 Å². The molecule has 0 aliphatic carbocycles.